The lowest BCUT2D eigenvalue weighted by Gasteiger charge is -2.11. The van der Waals surface area contributed by atoms with E-state index in [2.05, 4.69) is 19.6 Å². The fourth-order valence-electron chi connectivity index (χ4n) is 1.24. The molecule has 1 rings (SSSR count). The van der Waals surface area contributed by atoms with Crippen LogP contribution in [0, 0.1) is 0 Å². The molecule has 0 heterocycles. The van der Waals surface area contributed by atoms with Crippen molar-refractivity contribution >= 4 is 12.6 Å². The monoisotopic (exact) mass is 198 g/mol. The third kappa shape index (κ3) is 2.56. The minimum Gasteiger partial charge on any atom is -0.508 e. The first-order valence-electron chi connectivity index (χ1n) is 4.35. The Kier molecular flexibility index (Phi) is 3.48. The molecule has 0 saturated carbocycles. The van der Waals surface area contributed by atoms with Gasteiger partial charge < -0.3 is 10.2 Å². The highest BCUT2D eigenvalue weighted by atomic mass is 32.1. The molecule has 0 bridgehead atoms. The molecule has 2 nitrogen and oxygen atoms in total. The molecule has 72 valence electrons. The summed E-state index contributed by atoms with van der Waals surface area (Å²) in [7, 11) is 0. The zero-order chi connectivity index (χ0) is 9.84. The molecule has 0 aliphatic rings. The molecule has 0 aliphatic heterocycles. The molecule has 0 saturated heterocycles. The van der Waals surface area contributed by atoms with Crippen molar-refractivity contribution in [2.45, 2.75) is 25.0 Å². The zero-order valence-corrected chi connectivity index (χ0v) is 8.46. The largest absolute Gasteiger partial charge is 0.508 e. The molecule has 0 spiro atoms. The van der Waals surface area contributed by atoms with Gasteiger partial charge >= 0.3 is 0 Å². The Labute approximate surface area is 83.6 Å². The van der Waals surface area contributed by atoms with Crippen LogP contribution < -0.4 is 0 Å². The number of rotatable bonds is 3. The van der Waals surface area contributed by atoms with Gasteiger partial charge in [0.2, 0.25) is 0 Å². The summed E-state index contributed by atoms with van der Waals surface area (Å²) in [6.45, 7) is 2.07. The van der Waals surface area contributed by atoms with Crippen LogP contribution in [0.4, 0.5) is 0 Å². The van der Waals surface area contributed by atoms with Gasteiger partial charge in [-0.05, 0) is 12.5 Å². The second-order valence-electron chi connectivity index (χ2n) is 3.05. The first-order valence-corrected chi connectivity index (χ1v) is 4.86. The molecule has 0 radical (unpaired) electrons. The van der Waals surface area contributed by atoms with Crippen LogP contribution in [0.2, 0.25) is 0 Å². The standard InChI is InChI=1S/C10H14O2S/c1-2-3-10(13)8-5-4-7(11)6-9(8)12/h4-6,10-13H,2-3H2,1H3. The maximum atomic E-state index is 9.48. The predicted molar refractivity (Wildman–Crippen MR) is 56.4 cm³/mol. The van der Waals surface area contributed by atoms with Gasteiger partial charge in [0.1, 0.15) is 11.5 Å². The van der Waals surface area contributed by atoms with E-state index in [4.69, 9.17) is 5.11 Å². The number of phenolic OH excluding ortho intramolecular Hbond substituents is 2. The van der Waals surface area contributed by atoms with Crippen molar-refractivity contribution in [2.75, 3.05) is 0 Å². The zero-order valence-electron chi connectivity index (χ0n) is 7.57. The van der Waals surface area contributed by atoms with Crippen LogP contribution in [0.1, 0.15) is 30.6 Å². The lowest BCUT2D eigenvalue weighted by atomic mass is 10.1. The summed E-state index contributed by atoms with van der Waals surface area (Å²) in [4.78, 5) is 0. The summed E-state index contributed by atoms with van der Waals surface area (Å²) in [5.74, 6) is 0.201. The second-order valence-corrected chi connectivity index (χ2v) is 3.67. The molecular formula is C10H14O2S. The first kappa shape index (κ1) is 10.3. The molecule has 3 heteroatoms. The number of aromatic hydroxyl groups is 2. The van der Waals surface area contributed by atoms with Crippen LogP contribution in [-0.4, -0.2) is 10.2 Å². The Morgan fingerprint density at radius 3 is 2.62 bits per heavy atom. The van der Waals surface area contributed by atoms with Crippen LogP contribution in [0.25, 0.3) is 0 Å². The lowest BCUT2D eigenvalue weighted by Crippen LogP contribution is -1.90. The Bertz CT molecular complexity index is 286. The minimum atomic E-state index is 0.0469. The van der Waals surface area contributed by atoms with Crippen molar-refractivity contribution in [3.8, 4) is 11.5 Å². The van der Waals surface area contributed by atoms with Gasteiger partial charge in [0.25, 0.3) is 0 Å². The highest BCUT2D eigenvalue weighted by Crippen LogP contribution is 2.33. The van der Waals surface area contributed by atoms with E-state index in [9.17, 15) is 5.11 Å². The van der Waals surface area contributed by atoms with Crippen LogP contribution in [0.3, 0.4) is 0 Å². The van der Waals surface area contributed by atoms with E-state index in [1.54, 1.807) is 12.1 Å². The minimum absolute atomic E-state index is 0.0469. The average molecular weight is 198 g/mol. The average Bonchev–Trinajstić information content (AvgIpc) is 2.04. The van der Waals surface area contributed by atoms with Crippen LogP contribution in [-0.2, 0) is 0 Å². The van der Waals surface area contributed by atoms with Crippen molar-refractivity contribution in [3.05, 3.63) is 23.8 Å². The van der Waals surface area contributed by atoms with E-state index >= 15 is 0 Å². The van der Waals surface area contributed by atoms with E-state index in [0.29, 0.717) is 0 Å². The smallest absolute Gasteiger partial charge is 0.123 e. The van der Waals surface area contributed by atoms with E-state index in [1.807, 2.05) is 0 Å². The lowest BCUT2D eigenvalue weighted by molar-refractivity contribution is 0.445. The molecule has 0 amide bonds. The normalized spacial score (nSPS) is 12.8. The van der Waals surface area contributed by atoms with Gasteiger partial charge in [-0.25, -0.2) is 0 Å². The summed E-state index contributed by atoms with van der Waals surface area (Å²) >= 11 is 4.36. The molecule has 2 N–H and O–H groups in total. The molecule has 1 unspecified atom stereocenters. The summed E-state index contributed by atoms with van der Waals surface area (Å²) in [6.07, 6.45) is 1.94. The van der Waals surface area contributed by atoms with E-state index < -0.39 is 0 Å². The van der Waals surface area contributed by atoms with Gasteiger partial charge in [0.05, 0.1) is 0 Å². The maximum Gasteiger partial charge on any atom is 0.123 e. The molecule has 0 fully saturated rings. The van der Waals surface area contributed by atoms with Crippen molar-refractivity contribution in [3.63, 3.8) is 0 Å². The van der Waals surface area contributed by atoms with Gasteiger partial charge in [0, 0.05) is 16.9 Å². The third-order valence-electron chi connectivity index (χ3n) is 1.94. The van der Waals surface area contributed by atoms with Gasteiger partial charge in [-0.2, -0.15) is 12.6 Å². The Morgan fingerprint density at radius 1 is 1.38 bits per heavy atom. The molecule has 0 aromatic heterocycles. The van der Waals surface area contributed by atoms with E-state index in [0.717, 1.165) is 18.4 Å². The highest BCUT2D eigenvalue weighted by molar-refractivity contribution is 7.80. The van der Waals surface area contributed by atoms with Gasteiger partial charge in [-0.1, -0.05) is 19.4 Å². The van der Waals surface area contributed by atoms with Crippen molar-refractivity contribution < 1.29 is 10.2 Å². The Hall–Kier alpha value is -0.830. The fraction of sp³-hybridized carbons (Fsp3) is 0.400. The fourth-order valence-corrected chi connectivity index (χ4v) is 1.72. The topological polar surface area (TPSA) is 40.5 Å². The van der Waals surface area contributed by atoms with E-state index in [-0.39, 0.29) is 16.7 Å². The first-order chi connectivity index (χ1) is 6.15. The second kappa shape index (κ2) is 4.42. The Balaban J connectivity index is 2.88. The molecule has 13 heavy (non-hydrogen) atoms. The predicted octanol–water partition coefficient (Wildman–Crippen LogP) is 2.87. The third-order valence-corrected chi connectivity index (χ3v) is 2.47. The number of phenols is 2. The quantitative estimate of drug-likeness (QED) is 0.654. The van der Waals surface area contributed by atoms with E-state index in [1.165, 1.54) is 6.07 Å². The van der Waals surface area contributed by atoms with Crippen LogP contribution in [0.15, 0.2) is 18.2 Å². The van der Waals surface area contributed by atoms with Gasteiger partial charge in [-0.3, -0.25) is 0 Å². The summed E-state index contributed by atoms with van der Waals surface area (Å²) < 4.78 is 0. The molecule has 1 aromatic carbocycles. The number of benzene rings is 1. The van der Waals surface area contributed by atoms with Crippen molar-refractivity contribution in [1.29, 1.82) is 0 Å². The maximum absolute atomic E-state index is 9.48. The summed E-state index contributed by atoms with van der Waals surface area (Å²) in [5.41, 5.74) is 0.781. The van der Waals surface area contributed by atoms with Gasteiger partial charge in [-0.15, -0.1) is 0 Å². The molecule has 0 aliphatic carbocycles. The summed E-state index contributed by atoms with van der Waals surface area (Å²) in [5, 5.41) is 18.6. The number of hydrogen-bond acceptors (Lipinski definition) is 3. The highest BCUT2D eigenvalue weighted by Gasteiger charge is 2.10. The SMILES string of the molecule is CCCC(S)c1ccc(O)cc1O. The van der Waals surface area contributed by atoms with Gasteiger partial charge in [0.15, 0.2) is 0 Å². The van der Waals surface area contributed by atoms with Crippen molar-refractivity contribution in [1.82, 2.24) is 0 Å². The number of hydrogen-bond donors (Lipinski definition) is 3. The molecule has 1 atom stereocenters. The van der Waals surface area contributed by atoms with Crippen molar-refractivity contribution in [2.24, 2.45) is 0 Å². The Morgan fingerprint density at radius 2 is 2.08 bits per heavy atom. The van der Waals surface area contributed by atoms with Crippen LogP contribution >= 0.6 is 12.6 Å². The molecule has 1 aromatic rings. The molecular weight excluding hydrogens is 184 g/mol. The number of thiol groups is 1. The van der Waals surface area contributed by atoms with Crippen LogP contribution in [0.5, 0.6) is 11.5 Å². The summed E-state index contributed by atoms with van der Waals surface area (Å²) in [6, 6.07) is 4.61.